The monoisotopic (exact) mass is 422 g/mol. The summed E-state index contributed by atoms with van der Waals surface area (Å²) in [6.45, 7) is 1.81. The molecule has 2 aromatic carbocycles. The van der Waals surface area contributed by atoms with Crippen molar-refractivity contribution in [2.45, 2.75) is 13.0 Å². The fourth-order valence-corrected chi connectivity index (χ4v) is 3.58. The van der Waals surface area contributed by atoms with Crippen molar-refractivity contribution < 1.29 is 19.0 Å². The molecule has 1 aliphatic heterocycles. The highest BCUT2D eigenvalue weighted by Crippen LogP contribution is 2.38. The van der Waals surface area contributed by atoms with Crippen molar-refractivity contribution in [3.8, 4) is 17.2 Å². The molecule has 0 radical (unpaired) electrons. The smallest absolute Gasteiger partial charge is 0.255 e. The highest BCUT2D eigenvalue weighted by Gasteiger charge is 2.34. The summed E-state index contributed by atoms with van der Waals surface area (Å²) in [5.41, 5.74) is 2.41. The quantitative estimate of drug-likeness (QED) is 0.623. The molecule has 0 fully saturated rings. The molecule has 2 heterocycles. The van der Waals surface area contributed by atoms with Crippen LogP contribution in [0.4, 0.5) is 11.6 Å². The van der Waals surface area contributed by atoms with E-state index in [1.165, 1.54) is 0 Å². The van der Waals surface area contributed by atoms with Crippen LogP contribution in [0.1, 0.15) is 18.5 Å². The molecule has 3 aromatic rings. The normalized spacial score (nSPS) is 15.0. The minimum Gasteiger partial charge on any atom is -0.495 e. The summed E-state index contributed by atoms with van der Waals surface area (Å²) in [6.07, 6.45) is 0. The summed E-state index contributed by atoms with van der Waals surface area (Å²) in [5, 5.41) is 17.9. The van der Waals surface area contributed by atoms with Gasteiger partial charge in [-0.3, -0.25) is 4.79 Å². The van der Waals surface area contributed by atoms with Crippen molar-refractivity contribution in [2.75, 3.05) is 32.0 Å². The number of aromatic nitrogens is 4. The molecule has 31 heavy (non-hydrogen) atoms. The first-order valence-electron chi connectivity index (χ1n) is 9.49. The number of anilines is 2. The van der Waals surface area contributed by atoms with E-state index < -0.39 is 6.04 Å². The predicted octanol–water partition coefficient (Wildman–Crippen LogP) is 2.63. The first kappa shape index (κ1) is 20.2. The van der Waals surface area contributed by atoms with E-state index in [1.807, 2.05) is 31.2 Å². The lowest BCUT2D eigenvalue weighted by atomic mass is 9.94. The van der Waals surface area contributed by atoms with E-state index in [1.54, 1.807) is 44.2 Å². The minimum absolute atomic E-state index is 0.310. The number of nitrogens with one attached hydrogen (secondary N) is 2. The lowest BCUT2D eigenvalue weighted by Gasteiger charge is -2.28. The maximum absolute atomic E-state index is 13.4. The van der Waals surface area contributed by atoms with E-state index in [0.717, 1.165) is 5.56 Å². The van der Waals surface area contributed by atoms with E-state index in [9.17, 15) is 4.79 Å². The molecule has 1 aliphatic rings. The van der Waals surface area contributed by atoms with Crippen LogP contribution in [0, 0.1) is 0 Å². The third-order valence-corrected chi connectivity index (χ3v) is 5.04. The fraction of sp³-hybridized carbons (Fsp3) is 0.238. The summed E-state index contributed by atoms with van der Waals surface area (Å²) in [6, 6.07) is 12.1. The van der Waals surface area contributed by atoms with Gasteiger partial charge in [-0.05, 0) is 47.2 Å². The van der Waals surface area contributed by atoms with E-state index in [2.05, 4.69) is 26.2 Å². The number of benzene rings is 2. The maximum Gasteiger partial charge on any atom is 0.255 e. The fourth-order valence-electron chi connectivity index (χ4n) is 3.58. The second-order valence-corrected chi connectivity index (χ2v) is 6.78. The number of para-hydroxylation sites is 2. The molecule has 4 rings (SSSR count). The first-order chi connectivity index (χ1) is 15.1. The highest BCUT2D eigenvalue weighted by atomic mass is 16.5. The maximum atomic E-state index is 13.4. The number of methoxy groups -OCH3 is 3. The Bertz CT molecular complexity index is 1160. The van der Waals surface area contributed by atoms with Crippen molar-refractivity contribution in [3.63, 3.8) is 0 Å². The van der Waals surface area contributed by atoms with Crippen LogP contribution in [-0.2, 0) is 4.79 Å². The first-order valence-corrected chi connectivity index (χ1v) is 9.49. The number of fused-ring (bicyclic) bond motifs is 1. The second kappa shape index (κ2) is 8.34. The minimum atomic E-state index is -0.583. The van der Waals surface area contributed by atoms with Crippen LogP contribution in [0.2, 0.25) is 0 Å². The molecule has 1 atom stereocenters. The van der Waals surface area contributed by atoms with Gasteiger partial charge >= 0.3 is 0 Å². The van der Waals surface area contributed by atoms with Gasteiger partial charge in [-0.2, -0.15) is 4.68 Å². The van der Waals surface area contributed by atoms with Gasteiger partial charge in [-0.25, -0.2) is 0 Å². The Morgan fingerprint density at radius 2 is 1.77 bits per heavy atom. The van der Waals surface area contributed by atoms with Crippen LogP contribution >= 0.6 is 0 Å². The van der Waals surface area contributed by atoms with E-state index >= 15 is 0 Å². The Morgan fingerprint density at radius 3 is 2.52 bits per heavy atom. The molecule has 0 spiro atoms. The van der Waals surface area contributed by atoms with Gasteiger partial charge in [0, 0.05) is 5.70 Å². The van der Waals surface area contributed by atoms with Gasteiger partial charge < -0.3 is 24.8 Å². The molecule has 160 valence electrons. The Hall–Kier alpha value is -4.08. The van der Waals surface area contributed by atoms with Gasteiger partial charge in [-0.1, -0.05) is 23.3 Å². The zero-order valence-electron chi connectivity index (χ0n) is 17.5. The average molecular weight is 422 g/mol. The number of allylic oxidation sites excluding steroid dienone is 1. The van der Waals surface area contributed by atoms with Crippen LogP contribution in [0.3, 0.4) is 0 Å². The number of amides is 1. The number of tetrazole rings is 1. The van der Waals surface area contributed by atoms with Crippen LogP contribution in [0.5, 0.6) is 17.2 Å². The van der Waals surface area contributed by atoms with Crippen molar-refractivity contribution in [1.82, 2.24) is 20.2 Å². The number of hydrogen-bond donors (Lipinski definition) is 2. The molecular formula is C21H22N6O4. The van der Waals surface area contributed by atoms with Gasteiger partial charge in [0.2, 0.25) is 5.95 Å². The largest absolute Gasteiger partial charge is 0.495 e. The molecule has 10 heteroatoms. The van der Waals surface area contributed by atoms with Crippen molar-refractivity contribution >= 4 is 17.5 Å². The van der Waals surface area contributed by atoms with Gasteiger partial charge in [0.05, 0.1) is 32.6 Å². The standard InChI is InChI=1S/C21H22N6O4/c1-12-18(20(28)23-14-7-5-6-8-15(14)29-2)19(27-21(22-12)24-25-26-27)13-9-10-16(30-3)17(11-13)31-4/h5-11,19H,1-4H3,(H,23,28)(H,22,24,26)/t19-/m1/s1. The molecule has 0 saturated carbocycles. The molecule has 10 nitrogen and oxygen atoms in total. The van der Waals surface area contributed by atoms with Crippen LogP contribution < -0.4 is 24.8 Å². The predicted molar refractivity (Wildman–Crippen MR) is 113 cm³/mol. The molecule has 2 N–H and O–H groups in total. The van der Waals surface area contributed by atoms with Gasteiger partial charge in [0.15, 0.2) is 11.5 Å². The van der Waals surface area contributed by atoms with Crippen molar-refractivity contribution in [1.29, 1.82) is 0 Å². The summed E-state index contributed by atoms with van der Waals surface area (Å²) >= 11 is 0. The van der Waals surface area contributed by atoms with Crippen molar-refractivity contribution in [3.05, 3.63) is 59.3 Å². The lowest BCUT2D eigenvalue weighted by Crippen LogP contribution is -2.31. The van der Waals surface area contributed by atoms with Crippen LogP contribution in [0.15, 0.2) is 53.7 Å². The number of carbonyl (C=O) groups excluding carboxylic acids is 1. The Balaban J connectivity index is 1.79. The number of ether oxygens (including phenoxy) is 3. The molecule has 0 saturated heterocycles. The average Bonchev–Trinajstić information content (AvgIpc) is 3.25. The summed E-state index contributed by atoms with van der Waals surface area (Å²) < 4.78 is 17.7. The van der Waals surface area contributed by atoms with Gasteiger partial charge in [-0.15, -0.1) is 0 Å². The SMILES string of the molecule is COc1ccccc1NC(=O)C1=C(C)Nc2nnnn2[C@@H]1c1ccc(OC)c(OC)c1. The number of nitrogens with zero attached hydrogens (tertiary/aromatic N) is 4. The molecule has 1 aromatic heterocycles. The number of rotatable bonds is 6. The van der Waals surface area contributed by atoms with Crippen LogP contribution in [0.25, 0.3) is 0 Å². The number of carbonyl (C=O) groups is 1. The third-order valence-electron chi connectivity index (χ3n) is 5.04. The summed E-state index contributed by atoms with van der Waals surface area (Å²) in [5.74, 6) is 1.80. The van der Waals surface area contributed by atoms with Gasteiger partial charge in [0.1, 0.15) is 11.8 Å². The number of hydrogen-bond acceptors (Lipinski definition) is 8. The van der Waals surface area contributed by atoms with E-state index in [-0.39, 0.29) is 5.91 Å². The molecule has 0 bridgehead atoms. The zero-order valence-corrected chi connectivity index (χ0v) is 17.5. The highest BCUT2D eigenvalue weighted by molar-refractivity contribution is 6.06. The van der Waals surface area contributed by atoms with E-state index in [0.29, 0.717) is 40.2 Å². The lowest BCUT2D eigenvalue weighted by molar-refractivity contribution is -0.113. The topological polar surface area (TPSA) is 112 Å². The second-order valence-electron chi connectivity index (χ2n) is 6.78. The zero-order chi connectivity index (χ0) is 22.0. The Kier molecular flexibility index (Phi) is 5.44. The Labute approximate surface area is 178 Å². The van der Waals surface area contributed by atoms with Crippen molar-refractivity contribution in [2.24, 2.45) is 0 Å². The summed E-state index contributed by atoms with van der Waals surface area (Å²) in [7, 11) is 4.68. The summed E-state index contributed by atoms with van der Waals surface area (Å²) in [4.78, 5) is 13.4. The molecule has 1 amide bonds. The van der Waals surface area contributed by atoms with Gasteiger partial charge in [0.25, 0.3) is 5.91 Å². The third kappa shape index (κ3) is 3.63. The molecular weight excluding hydrogens is 400 g/mol. The van der Waals surface area contributed by atoms with Crippen LogP contribution in [-0.4, -0.2) is 47.4 Å². The Morgan fingerprint density at radius 1 is 1.03 bits per heavy atom. The van der Waals surface area contributed by atoms with E-state index in [4.69, 9.17) is 14.2 Å². The molecule has 0 aliphatic carbocycles. The molecule has 0 unspecified atom stereocenters.